The highest BCUT2D eigenvalue weighted by atomic mass is 16.5. The Hall–Kier alpha value is -1.10. The Labute approximate surface area is 103 Å². The summed E-state index contributed by atoms with van der Waals surface area (Å²) in [4.78, 5) is 23.9. The maximum absolute atomic E-state index is 11.8. The lowest BCUT2D eigenvalue weighted by molar-refractivity contribution is -0.142. The SMILES string of the molecule is CCC(C)OCC(=O)N(CCC(=O)O)C(C)C. The van der Waals surface area contributed by atoms with Crippen molar-refractivity contribution in [1.82, 2.24) is 4.90 Å². The zero-order valence-electron chi connectivity index (χ0n) is 11.1. The highest BCUT2D eigenvalue weighted by molar-refractivity contribution is 5.78. The summed E-state index contributed by atoms with van der Waals surface area (Å²) in [5, 5.41) is 8.61. The second-order valence-corrected chi connectivity index (χ2v) is 4.35. The zero-order valence-corrected chi connectivity index (χ0v) is 11.1. The number of hydrogen-bond donors (Lipinski definition) is 1. The van der Waals surface area contributed by atoms with E-state index in [1.807, 2.05) is 27.7 Å². The number of rotatable bonds is 8. The average Bonchev–Trinajstić information content (AvgIpc) is 2.25. The van der Waals surface area contributed by atoms with Gasteiger partial charge in [-0.15, -0.1) is 0 Å². The first kappa shape index (κ1) is 15.9. The van der Waals surface area contributed by atoms with E-state index < -0.39 is 5.97 Å². The van der Waals surface area contributed by atoms with Crippen LogP contribution in [0.1, 0.15) is 40.5 Å². The van der Waals surface area contributed by atoms with E-state index in [2.05, 4.69) is 0 Å². The maximum Gasteiger partial charge on any atom is 0.305 e. The van der Waals surface area contributed by atoms with Gasteiger partial charge >= 0.3 is 5.97 Å². The smallest absolute Gasteiger partial charge is 0.305 e. The minimum absolute atomic E-state index is 0.0117. The zero-order chi connectivity index (χ0) is 13.4. The molecule has 0 spiro atoms. The van der Waals surface area contributed by atoms with Crippen molar-refractivity contribution in [2.24, 2.45) is 0 Å². The molecule has 0 aliphatic carbocycles. The third-order valence-corrected chi connectivity index (χ3v) is 2.58. The molecule has 0 bridgehead atoms. The summed E-state index contributed by atoms with van der Waals surface area (Å²) in [5.74, 6) is -1.05. The Morgan fingerprint density at radius 1 is 1.29 bits per heavy atom. The van der Waals surface area contributed by atoms with Gasteiger partial charge in [0.1, 0.15) is 6.61 Å². The van der Waals surface area contributed by atoms with Crippen molar-refractivity contribution < 1.29 is 19.4 Å². The Kier molecular flexibility index (Phi) is 7.54. The molecule has 0 aromatic heterocycles. The van der Waals surface area contributed by atoms with Crippen LogP contribution in [0.3, 0.4) is 0 Å². The molecule has 0 aliphatic rings. The molecular formula is C12H23NO4. The van der Waals surface area contributed by atoms with Gasteiger partial charge in [0.05, 0.1) is 12.5 Å². The van der Waals surface area contributed by atoms with Crippen molar-refractivity contribution in [3.05, 3.63) is 0 Å². The van der Waals surface area contributed by atoms with Gasteiger partial charge in [-0.25, -0.2) is 0 Å². The van der Waals surface area contributed by atoms with Crippen molar-refractivity contribution in [3.63, 3.8) is 0 Å². The number of carbonyl (C=O) groups is 2. The fourth-order valence-corrected chi connectivity index (χ4v) is 1.30. The van der Waals surface area contributed by atoms with Crippen molar-refractivity contribution >= 4 is 11.9 Å². The second kappa shape index (κ2) is 8.06. The van der Waals surface area contributed by atoms with Crippen LogP contribution >= 0.6 is 0 Å². The lowest BCUT2D eigenvalue weighted by Gasteiger charge is -2.26. The van der Waals surface area contributed by atoms with Gasteiger partial charge in [-0.05, 0) is 27.2 Å². The van der Waals surface area contributed by atoms with Crippen LogP contribution in [0.25, 0.3) is 0 Å². The van der Waals surface area contributed by atoms with Crippen LogP contribution in [0.4, 0.5) is 0 Å². The second-order valence-electron chi connectivity index (χ2n) is 4.35. The monoisotopic (exact) mass is 245 g/mol. The first-order chi connectivity index (χ1) is 7.88. The van der Waals surface area contributed by atoms with Gasteiger partial charge in [-0.1, -0.05) is 6.92 Å². The van der Waals surface area contributed by atoms with Gasteiger partial charge in [0.15, 0.2) is 0 Å². The predicted octanol–water partition coefficient (Wildman–Crippen LogP) is 1.51. The fourth-order valence-electron chi connectivity index (χ4n) is 1.30. The fraction of sp³-hybridized carbons (Fsp3) is 0.833. The first-order valence-corrected chi connectivity index (χ1v) is 6.01. The molecule has 5 heteroatoms. The Morgan fingerprint density at radius 2 is 1.88 bits per heavy atom. The van der Waals surface area contributed by atoms with E-state index in [0.29, 0.717) is 0 Å². The van der Waals surface area contributed by atoms with E-state index >= 15 is 0 Å². The largest absolute Gasteiger partial charge is 0.481 e. The highest BCUT2D eigenvalue weighted by Gasteiger charge is 2.18. The van der Waals surface area contributed by atoms with Crippen LogP contribution in [-0.2, 0) is 14.3 Å². The van der Waals surface area contributed by atoms with Crippen molar-refractivity contribution in [2.45, 2.75) is 52.7 Å². The van der Waals surface area contributed by atoms with Crippen molar-refractivity contribution in [2.75, 3.05) is 13.2 Å². The molecule has 1 atom stereocenters. The van der Waals surface area contributed by atoms with Gasteiger partial charge in [0.2, 0.25) is 5.91 Å². The van der Waals surface area contributed by atoms with Crippen LogP contribution in [0, 0.1) is 0 Å². The topological polar surface area (TPSA) is 66.8 Å². The molecule has 1 amide bonds. The van der Waals surface area contributed by atoms with E-state index in [1.54, 1.807) is 0 Å². The van der Waals surface area contributed by atoms with Crippen LogP contribution in [0.2, 0.25) is 0 Å². The summed E-state index contributed by atoms with van der Waals surface area (Å²) in [5.41, 5.74) is 0. The molecule has 0 saturated heterocycles. The van der Waals surface area contributed by atoms with E-state index in [-0.39, 0.29) is 37.6 Å². The molecule has 0 heterocycles. The summed E-state index contributed by atoms with van der Waals surface area (Å²) in [6.07, 6.45) is 0.865. The van der Waals surface area contributed by atoms with Gasteiger partial charge in [-0.3, -0.25) is 9.59 Å². The summed E-state index contributed by atoms with van der Waals surface area (Å²) in [7, 11) is 0. The number of nitrogens with zero attached hydrogens (tertiary/aromatic N) is 1. The van der Waals surface area contributed by atoms with Crippen LogP contribution in [-0.4, -0.2) is 47.2 Å². The summed E-state index contributed by atoms with van der Waals surface area (Å²) >= 11 is 0. The molecule has 0 saturated carbocycles. The molecule has 17 heavy (non-hydrogen) atoms. The molecular weight excluding hydrogens is 222 g/mol. The Balaban J connectivity index is 4.20. The Bertz CT molecular complexity index is 253. The molecule has 1 N–H and O–H groups in total. The molecule has 1 unspecified atom stereocenters. The maximum atomic E-state index is 11.8. The van der Waals surface area contributed by atoms with Crippen molar-refractivity contribution in [3.8, 4) is 0 Å². The van der Waals surface area contributed by atoms with Gasteiger partial charge in [-0.2, -0.15) is 0 Å². The standard InChI is InChI=1S/C12H23NO4/c1-5-10(4)17-8-11(14)13(9(2)3)7-6-12(15)16/h9-10H,5-8H2,1-4H3,(H,15,16). The van der Waals surface area contributed by atoms with Gasteiger partial charge in [0.25, 0.3) is 0 Å². The van der Waals surface area contributed by atoms with Gasteiger partial charge in [0, 0.05) is 12.6 Å². The molecule has 0 rings (SSSR count). The molecule has 0 aliphatic heterocycles. The molecule has 100 valence electrons. The molecule has 0 aromatic carbocycles. The lowest BCUT2D eigenvalue weighted by Crippen LogP contribution is -2.41. The van der Waals surface area contributed by atoms with E-state index in [0.717, 1.165) is 6.42 Å². The molecule has 5 nitrogen and oxygen atoms in total. The molecule has 0 radical (unpaired) electrons. The number of carbonyl (C=O) groups excluding carboxylic acids is 1. The van der Waals surface area contributed by atoms with E-state index in [1.165, 1.54) is 4.90 Å². The predicted molar refractivity (Wildman–Crippen MR) is 64.8 cm³/mol. The number of aliphatic carboxylic acids is 1. The van der Waals surface area contributed by atoms with Crippen LogP contribution in [0.15, 0.2) is 0 Å². The highest BCUT2D eigenvalue weighted by Crippen LogP contribution is 2.03. The Morgan fingerprint density at radius 3 is 2.29 bits per heavy atom. The third kappa shape index (κ3) is 6.94. The van der Waals surface area contributed by atoms with Crippen LogP contribution < -0.4 is 0 Å². The van der Waals surface area contributed by atoms with E-state index in [4.69, 9.17) is 9.84 Å². The van der Waals surface area contributed by atoms with E-state index in [9.17, 15) is 9.59 Å². The average molecular weight is 245 g/mol. The lowest BCUT2D eigenvalue weighted by atomic mass is 10.2. The normalized spacial score (nSPS) is 12.5. The minimum atomic E-state index is -0.897. The third-order valence-electron chi connectivity index (χ3n) is 2.58. The molecule has 0 aromatic rings. The number of hydrogen-bond acceptors (Lipinski definition) is 3. The minimum Gasteiger partial charge on any atom is -0.481 e. The molecule has 0 fully saturated rings. The number of ether oxygens (including phenoxy) is 1. The first-order valence-electron chi connectivity index (χ1n) is 6.01. The summed E-state index contributed by atoms with van der Waals surface area (Å²) < 4.78 is 5.35. The summed E-state index contributed by atoms with van der Waals surface area (Å²) in [6, 6.07) is -0.0117. The number of carboxylic acid groups (broad SMARTS) is 1. The quantitative estimate of drug-likeness (QED) is 0.704. The van der Waals surface area contributed by atoms with Crippen LogP contribution in [0.5, 0.6) is 0 Å². The van der Waals surface area contributed by atoms with Crippen molar-refractivity contribution in [1.29, 1.82) is 0 Å². The number of carboxylic acids is 1. The summed E-state index contributed by atoms with van der Waals surface area (Å²) in [6.45, 7) is 7.87. The van der Waals surface area contributed by atoms with Gasteiger partial charge < -0.3 is 14.7 Å². The number of amides is 1.